The van der Waals surface area contributed by atoms with E-state index in [4.69, 9.17) is 5.21 Å². The highest BCUT2D eigenvalue weighted by Gasteiger charge is 2.16. The van der Waals surface area contributed by atoms with Crippen LogP contribution in [0.25, 0.3) is 0 Å². The van der Waals surface area contributed by atoms with Crippen molar-refractivity contribution in [3.63, 3.8) is 0 Å². The van der Waals surface area contributed by atoms with Crippen LogP contribution in [0, 0.1) is 0 Å². The van der Waals surface area contributed by atoms with Crippen molar-refractivity contribution in [1.29, 1.82) is 0 Å². The number of rotatable bonds is 1. The Morgan fingerprint density at radius 1 is 1.42 bits per heavy atom. The van der Waals surface area contributed by atoms with Crippen LogP contribution in [0.4, 0.5) is 4.79 Å². The zero-order valence-electron chi connectivity index (χ0n) is 7.42. The van der Waals surface area contributed by atoms with E-state index >= 15 is 0 Å². The fraction of sp³-hybridized carbons (Fsp3) is 0.875. The van der Waals surface area contributed by atoms with Crippen molar-refractivity contribution in [2.45, 2.75) is 38.1 Å². The van der Waals surface area contributed by atoms with Crippen LogP contribution in [-0.4, -0.2) is 29.4 Å². The molecule has 4 nitrogen and oxygen atoms in total. The van der Waals surface area contributed by atoms with E-state index in [9.17, 15) is 4.79 Å². The summed E-state index contributed by atoms with van der Waals surface area (Å²) in [5.74, 6) is 0. The Bertz CT molecular complexity index is 153. The number of hydrogen-bond acceptors (Lipinski definition) is 2. The number of amides is 2. The minimum Gasteiger partial charge on any atom is -0.333 e. The van der Waals surface area contributed by atoms with Crippen LogP contribution in [0.3, 0.4) is 0 Å². The molecule has 0 unspecified atom stereocenters. The van der Waals surface area contributed by atoms with Gasteiger partial charge in [-0.2, -0.15) is 0 Å². The summed E-state index contributed by atoms with van der Waals surface area (Å²) in [4.78, 5) is 11.0. The first-order valence-electron chi connectivity index (χ1n) is 4.43. The van der Waals surface area contributed by atoms with Gasteiger partial charge in [0.15, 0.2) is 0 Å². The van der Waals surface area contributed by atoms with E-state index in [1.165, 1.54) is 26.3 Å². The minimum absolute atomic E-state index is 0.265. The molecule has 1 aliphatic carbocycles. The SMILES string of the molecule is CN(O)C(=O)NC1CCCCC1. The van der Waals surface area contributed by atoms with Crippen LogP contribution in [0.2, 0.25) is 0 Å². The van der Waals surface area contributed by atoms with Crippen LogP contribution >= 0.6 is 0 Å². The molecule has 2 N–H and O–H groups in total. The molecule has 4 heteroatoms. The van der Waals surface area contributed by atoms with Gasteiger partial charge in [0.2, 0.25) is 0 Å². The molecule has 0 atom stereocenters. The van der Waals surface area contributed by atoms with Crippen LogP contribution < -0.4 is 5.32 Å². The molecule has 0 aromatic carbocycles. The highest BCUT2D eigenvalue weighted by atomic mass is 16.5. The molecule has 0 aromatic rings. The van der Waals surface area contributed by atoms with Crippen LogP contribution in [0.5, 0.6) is 0 Å². The quantitative estimate of drug-likeness (QED) is 0.463. The first-order chi connectivity index (χ1) is 5.70. The molecular formula is C8H16N2O2. The number of carbonyl (C=O) groups excluding carboxylic acids is 1. The lowest BCUT2D eigenvalue weighted by Crippen LogP contribution is -2.42. The maximum Gasteiger partial charge on any atom is 0.341 e. The highest BCUT2D eigenvalue weighted by Crippen LogP contribution is 2.17. The summed E-state index contributed by atoms with van der Waals surface area (Å²) >= 11 is 0. The molecule has 1 saturated carbocycles. The van der Waals surface area contributed by atoms with Crippen molar-refractivity contribution in [2.24, 2.45) is 0 Å². The van der Waals surface area contributed by atoms with Crippen LogP contribution in [0.1, 0.15) is 32.1 Å². The van der Waals surface area contributed by atoms with E-state index in [0.717, 1.165) is 12.8 Å². The topological polar surface area (TPSA) is 52.6 Å². The average molecular weight is 172 g/mol. The standard InChI is InChI=1S/C8H16N2O2/c1-10(12)8(11)9-7-5-3-2-4-6-7/h7,12H,2-6H2,1H3,(H,9,11). The molecule has 70 valence electrons. The van der Waals surface area contributed by atoms with Gasteiger partial charge in [0.25, 0.3) is 0 Å². The lowest BCUT2D eigenvalue weighted by atomic mass is 9.96. The molecule has 0 saturated heterocycles. The Kier molecular flexibility index (Phi) is 3.34. The van der Waals surface area contributed by atoms with Crippen LogP contribution in [-0.2, 0) is 0 Å². The second kappa shape index (κ2) is 4.30. The summed E-state index contributed by atoms with van der Waals surface area (Å²) in [6.07, 6.45) is 5.71. The van der Waals surface area contributed by atoms with Gasteiger partial charge in [-0.15, -0.1) is 0 Å². The fourth-order valence-electron chi connectivity index (χ4n) is 1.51. The Balaban J connectivity index is 2.24. The first-order valence-corrected chi connectivity index (χ1v) is 4.43. The molecule has 0 aromatic heterocycles. The molecule has 0 aliphatic heterocycles. The number of urea groups is 1. The maximum atomic E-state index is 11.0. The Morgan fingerprint density at radius 2 is 2.00 bits per heavy atom. The summed E-state index contributed by atoms with van der Waals surface area (Å²) < 4.78 is 0. The predicted molar refractivity (Wildman–Crippen MR) is 45.0 cm³/mol. The van der Waals surface area contributed by atoms with Gasteiger partial charge in [-0.05, 0) is 12.8 Å². The van der Waals surface area contributed by atoms with Gasteiger partial charge in [0, 0.05) is 13.1 Å². The lowest BCUT2D eigenvalue weighted by molar-refractivity contribution is -0.0198. The zero-order valence-corrected chi connectivity index (χ0v) is 7.42. The summed E-state index contributed by atoms with van der Waals surface area (Å²) in [5, 5.41) is 12.1. The van der Waals surface area contributed by atoms with Gasteiger partial charge < -0.3 is 5.32 Å². The molecule has 0 bridgehead atoms. The Morgan fingerprint density at radius 3 is 2.50 bits per heavy atom. The Labute approximate surface area is 72.5 Å². The van der Waals surface area contributed by atoms with Gasteiger partial charge in [-0.1, -0.05) is 19.3 Å². The monoisotopic (exact) mass is 172 g/mol. The lowest BCUT2D eigenvalue weighted by Gasteiger charge is -2.23. The largest absolute Gasteiger partial charge is 0.341 e. The minimum atomic E-state index is -0.401. The number of carbonyl (C=O) groups is 1. The van der Waals surface area contributed by atoms with Gasteiger partial charge in [0.05, 0.1) is 0 Å². The smallest absolute Gasteiger partial charge is 0.333 e. The van der Waals surface area contributed by atoms with Crippen molar-refractivity contribution in [3.05, 3.63) is 0 Å². The molecule has 12 heavy (non-hydrogen) atoms. The van der Waals surface area contributed by atoms with E-state index in [1.54, 1.807) is 0 Å². The normalized spacial score (nSPS) is 18.8. The van der Waals surface area contributed by atoms with E-state index in [0.29, 0.717) is 5.06 Å². The van der Waals surface area contributed by atoms with Crippen molar-refractivity contribution in [1.82, 2.24) is 10.4 Å². The summed E-state index contributed by atoms with van der Waals surface area (Å²) in [7, 11) is 1.33. The van der Waals surface area contributed by atoms with Gasteiger partial charge >= 0.3 is 6.03 Å². The van der Waals surface area contributed by atoms with E-state index < -0.39 is 6.03 Å². The fourth-order valence-corrected chi connectivity index (χ4v) is 1.51. The Hall–Kier alpha value is -0.770. The molecule has 0 spiro atoms. The second-order valence-electron chi connectivity index (χ2n) is 3.31. The third kappa shape index (κ3) is 2.70. The maximum absolute atomic E-state index is 11.0. The second-order valence-corrected chi connectivity index (χ2v) is 3.31. The number of hydroxylamine groups is 2. The summed E-state index contributed by atoms with van der Waals surface area (Å²) in [6, 6.07) is -0.136. The van der Waals surface area contributed by atoms with Gasteiger partial charge in [-0.25, -0.2) is 9.86 Å². The number of nitrogens with zero attached hydrogens (tertiary/aromatic N) is 1. The third-order valence-corrected chi connectivity index (χ3v) is 2.23. The molecule has 0 heterocycles. The number of hydrogen-bond donors (Lipinski definition) is 2. The summed E-state index contributed by atoms with van der Waals surface area (Å²) in [5.41, 5.74) is 0. The molecule has 1 fully saturated rings. The van der Waals surface area contributed by atoms with E-state index in [2.05, 4.69) is 5.32 Å². The molecule has 2 amide bonds. The zero-order chi connectivity index (χ0) is 8.97. The van der Waals surface area contributed by atoms with Gasteiger partial charge in [0.1, 0.15) is 0 Å². The predicted octanol–water partition coefficient (Wildman–Crippen LogP) is 1.35. The van der Waals surface area contributed by atoms with Crippen LogP contribution in [0.15, 0.2) is 0 Å². The number of nitrogens with one attached hydrogen (secondary N) is 1. The van der Waals surface area contributed by atoms with E-state index in [1.807, 2.05) is 0 Å². The average Bonchev–Trinajstić information content (AvgIpc) is 2.06. The first kappa shape index (κ1) is 9.32. The van der Waals surface area contributed by atoms with E-state index in [-0.39, 0.29) is 6.04 Å². The molecule has 0 radical (unpaired) electrons. The molecule has 1 aliphatic rings. The molecule has 1 rings (SSSR count). The summed E-state index contributed by atoms with van der Waals surface area (Å²) in [6.45, 7) is 0. The van der Waals surface area contributed by atoms with Crippen molar-refractivity contribution >= 4 is 6.03 Å². The van der Waals surface area contributed by atoms with Crippen molar-refractivity contribution < 1.29 is 10.0 Å². The van der Waals surface area contributed by atoms with Gasteiger partial charge in [-0.3, -0.25) is 5.21 Å². The third-order valence-electron chi connectivity index (χ3n) is 2.23. The van der Waals surface area contributed by atoms with Crippen molar-refractivity contribution in [3.8, 4) is 0 Å². The highest BCUT2D eigenvalue weighted by molar-refractivity contribution is 5.72. The molecular weight excluding hydrogens is 156 g/mol. The van der Waals surface area contributed by atoms with Crippen molar-refractivity contribution in [2.75, 3.05) is 7.05 Å².